The highest BCUT2D eigenvalue weighted by molar-refractivity contribution is 6.04. The fourth-order valence-corrected chi connectivity index (χ4v) is 5.84. The van der Waals surface area contributed by atoms with Crippen LogP contribution in [0.3, 0.4) is 0 Å². The fraction of sp³-hybridized carbons (Fsp3) is 0.419. The van der Waals surface area contributed by atoms with Crippen LogP contribution in [0.25, 0.3) is 0 Å². The molecule has 0 radical (unpaired) electrons. The molecule has 0 saturated heterocycles. The second-order valence-corrected chi connectivity index (χ2v) is 10.4. The van der Waals surface area contributed by atoms with Crippen molar-refractivity contribution in [3.05, 3.63) is 86.8 Å². The average Bonchev–Trinajstić information content (AvgIpc) is 2.81. The molecule has 0 spiro atoms. The van der Waals surface area contributed by atoms with Gasteiger partial charge in [0, 0.05) is 23.6 Å². The fourth-order valence-electron chi connectivity index (χ4n) is 5.84. The molecule has 0 saturated carbocycles. The van der Waals surface area contributed by atoms with Gasteiger partial charge in [0.1, 0.15) is 5.75 Å². The van der Waals surface area contributed by atoms with Crippen LogP contribution in [0.2, 0.25) is 0 Å². The summed E-state index contributed by atoms with van der Waals surface area (Å²) in [6, 6.07) is 11.1. The van der Waals surface area contributed by atoms with Gasteiger partial charge in [-0.15, -0.1) is 0 Å². The van der Waals surface area contributed by atoms with E-state index in [4.69, 9.17) is 9.47 Å². The maximum absolute atomic E-state index is 13.9. The minimum Gasteiger partial charge on any atom is -0.508 e. The maximum Gasteiger partial charge on any atom is 0.336 e. The molecule has 2 aliphatic rings. The van der Waals surface area contributed by atoms with E-state index in [0.717, 1.165) is 5.70 Å². The molecule has 37 heavy (non-hydrogen) atoms. The summed E-state index contributed by atoms with van der Waals surface area (Å²) in [6.07, 6.45) is 0.947. The zero-order chi connectivity index (χ0) is 26.9. The Morgan fingerprint density at radius 3 is 2.43 bits per heavy atom. The molecule has 6 heteroatoms. The predicted molar refractivity (Wildman–Crippen MR) is 143 cm³/mol. The molecular weight excluding hydrogens is 466 g/mol. The highest BCUT2D eigenvalue weighted by Crippen LogP contribution is 2.47. The second-order valence-electron chi connectivity index (χ2n) is 10.4. The van der Waals surface area contributed by atoms with Gasteiger partial charge < -0.3 is 19.9 Å². The van der Waals surface area contributed by atoms with Crippen LogP contribution >= 0.6 is 0 Å². The molecule has 1 heterocycles. The summed E-state index contributed by atoms with van der Waals surface area (Å²) in [4.78, 5) is 27.2. The first-order chi connectivity index (χ1) is 17.6. The number of phenolic OH excluding ortho intramolecular Hbond substituents is 1. The lowest BCUT2D eigenvalue weighted by atomic mass is 9.70. The van der Waals surface area contributed by atoms with E-state index in [1.54, 1.807) is 25.1 Å². The molecule has 1 aliphatic carbocycles. The largest absolute Gasteiger partial charge is 0.508 e. The molecule has 2 aromatic rings. The summed E-state index contributed by atoms with van der Waals surface area (Å²) in [5.41, 5.74) is 7.80. The number of rotatable bonds is 7. The number of aryl methyl sites for hydroxylation is 3. The summed E-state index contributed by atoms with van der Waals surface area (Å²) in [6.45, 7) is 12.3. The van der Waals surface area contributed by atoms with Gasteiger partial charge in [-0.05, 0) is 88.3 Å². The van der Waals surface area contributed by atoms with Crippen LogP contribution in [0.4, 0.5) is 0 Å². The van der Waals surface area contributed by atoms with E-state index in [2.05, 4.69) is 38.2 Å². The van der Waals surface area contributed by atoms with Crippen molar-refractivity contribution in [2.75, 3.05) is 13.2 Å². The molecule has 2 N–H and O–H groups in total. The zero-order valence-corrected chi connectivity index (χ0v) is 22.6. The van der Waals surface area contributed by atoms with E-state index in [9.17, 15) is 14.7 Å². The number of dihydropyridines is 1. The number of aromatic hydroxyl groups is 1. The molecule has 2 aromatic carbocycles. The van der Waals surface area contributed by atoms with Crippen molar-refractivity contribution in [3.8, 4) is 5.75 Å². The lowest BCUT2D eigenvalue weighted by Gasteiger charge is -2.38. The van der Waals surface area contributed by atoms with Crippen molar-refractivity contribution in [2.24, 2.45) is 0 Å². The van der Waals surface area contributed by atoms with E-state index in [-0.39, 0.29) is 36.8 Å². The van der Waals surface area contributed by atoms with Crippen LogP contribution < -0.4 is 5.32 Å². The number of allylic oxidation sites excluding steroid dienone is 2. The number of ether oxygens (including phenoxy) is 2. The van der Waals surface area contributed by atoms with Crippen LogP contribution in [-0.2, 0) is 19.1 Å². The SMILES string of the molecule is CCOC(=O)C1=C(COC(C)C)NC2=C(C(=O)CC(c3c(C)cc(C)cc3C)C2)C1c1cccc(O)c1. The Morgan fingerprint density at radius 1 is 1.11 bits per heavy atom. The number of ketones is 1. The van der Waals surface area contributed by atoms with E-state index in [0.29, 0.717) is 35.2 Å². The summed E-state index contributed by atoms with van der Waals surface area (Å²) in [7, 11) is 0. The molecule has 0 aromatic heterocycles. The number of benzene rings is 2. The summed E-state index contributed by atoms with van der Waals surface area (Å²) < 4.78 is 11.4. The number of Topliss-reactive ketones (excluding diaryl/α,β-unsaturated/α-hetero) is 1. The Balaban J connectivity index is 1.86. The van der Waals surface area contributed by atoms with E-state index in [1.807, 2.05) is 19.9 Å². The Bertz CT molecular complexity index is 1260. The Hall–Kier alpha value is -3.38. The lowest BCUT2D eigenvalue weighted by molar-refractivity contribution is -0.139. The van der Waals surface area contributed by atoms with Gasteiger partial charge in [-0.25, -0.2) is 4.79 Å². The van der Waals surface area contributed by atoms with Crippen molar-refractivity contribution in [3.63, 3.8) is 0 Å². The topological polar surface area (TPSA) is 84.9 Å². The second kappa shape index (κ2) is 10.9. The predicted octanol–water partition coefficient (Wildman–Crippen LogP) is 5.65. The number of phenols is 1. The molecule has 0 bridgehead atoms. The summed E-state index contributed by atoms with van der Waals surface area (Å²) >= 11 is 0. The van der Waals surface area contributed by atoms with Gasteiger partial charge in [0.25, 0.3) is 0 Å². The number of esters is 1. The summed E-state index contributed by atoms with van der Waals surface area (Å²) in [5.74, 6) is -1.04. The van der Waals surface area contributed by atoms with Crippen molar-refractivity contribution in [1.29, 1.82) is 0 Å². The minimum atomic E-state index is -0.651. The number of hydrogen-bond donors (Lipinski definition) is 2. The molecule has 1 aliphatic heterocycles. The molecule has 196 valence electrons. The van der Waals surface area contributed by atoms with Crippen LogP contribution in [0.1, 0.15) is 73.3 Å². The van der Waals surface area contributed by atoms with Gasteiger partial charge in [-0.3, -0.25) is 4.79 Å². The molecule has 2 atom stereocenters. The van der Waals surface area contributed by atoms with Gasteiger partial charge in [-0.2, -0.15) is 0 Å². The number of nitrogens with one attached hydrogen (secondary N) is 1. The standard InChI is InChI=1S/C31H37NO5/c1-7-36-31(35)30-25(16-37-17(2)3)32-24-14-22(27-19(5)11-18(4)12-20(27)6)15-26(34)29(24)28(30)21-9-8-10-23(33)13-21/h8-13,17,22,28,32-33H,7,14-16H2,1-6H3. The number of carbonyl (C=O) groups is 2. The van der Waals surface area contributed by atoms with Crippen LogP contribution in [0, 0.1) is 20.8 Å². The Kier molecular flexibility index (Phi) is 7.88. The third-order valence-corrected chi connectivity index (χ3v) is 7.12. The number of hydrogen-bond acceptors (Lipinski definition) is 6. The van der Waals surface area contributed by atoms with Gasteiger partial charge in [0.15, 0.2) is 5.78 Å². The molecule has 2 unspecified atom stereocenters. The first kappa shape index (κ1) is 26.7. The molecular formula is C31H37NO5. The van der Waals surface area contributed by atoms with Crippen molar-refractivity contribution in [2.45, 2.75) is 72.3 Å². The van der Waals surface area contributed by atoms with Crippen molar-refractivity contribution >= 4 is 11.8 Å². The molecule has 6 nitrogen and oxygen atoms in total. The number of carbonyl (C=O) groups excluding carboxylic acids is 2. The zero-order valence-electron chi connectivity index (χ0n) is 22.6. The lowest BCUT2D eigenvalue weighted by Crippen LogP contribution is -2.38. The molecule has 0 fully saturated rings. The van der Waals surface area contributed by atoms with Crippen molar-refractivity contribution in [1.82, 2.24) is 5.32 Å². The van der Waals surface area contributed by atoms with Crippen LogP contribution in [0.5, 0.6) is 5.75 Å². The third kappa shape index (κ3) is 5.49. The van der Waals surface area contributed by atoms with E-state index < -0.39 is 11.9 Å². The third-order valence-electron chi connectivity index (χ3n) is 7.12. The summed E-state index contributed by atoms with van der Waals surface area (Å²) in [5, 5.41) is 13.7. The molecule has 0 amide bonds. The van der Waals surface area contributed by atoms with E-state index in [1.165, 1.54) is 22.3 Å². The van der Waals surface area contributed by atoms with Crippen LogP contribution in [-0.4, -0.2) is 36.2 Å². The maximum atomic E-state index is 13.9. The van der Waals surface area contributed by atoms with Crippen molar-refractivity contribution < 1.29 is 24.2 Å². The quantitative estimate of drug-likeness (QED) is 0.475. The first-order valence-corrected chi connectivity index (χ1v) is 13.0. The highest BCUT2D eigenvalue weighted by atomic mass is 16.5. The minimum absolute atomic E-state index is 0.00269. The molecule has 4 rings (SSSR count). The van der Waals surface area contributed by atoms with Gasteiger partial charge in [0.2, 0.25) is 0 Å². The monoisotopic (exact) mass is 503 g/mol. The normalized spacial score (nSPS) is 19.7. The van der Waals surface area contributed by atoms with Crippen LogP contribution in [0.15, 0.2) is 58.9 Å². The smallest absolute Gasteiger partial charge is 0.336 e. The average molecular weight is 504 g/mol. The van der Waals surface area contributed by atoms with E-state index >= 15 is 0 Å². The van der Waals surface area contributed by atoms with Gasteiger partial charge >= 0.3 is 5.97 Å². The van der Waals surface area contributed by atoms with Gasteiger partial charge in [0.05, 0.1) is 30.6 Å². The first-order valence-electron chi connectivity index (χ1n) is 13.0. The highest BCUT2D eigenvalue weighted by Gasteiger charge is 2.42. The Morgan fingerprint density at radius 2 is 1.81 bits per heavy atom. The van der Waals surface area contributed by atoms with Gasteiger partial charge in [-0.1, -0.05) is 29.8 Å². The Labute approximate surface area is 219 Å².